The van der Waals surface area contributed by atoms with Gasteiger partial charge in [0.05, 0.1) is 18.6 Å². The van der Waals surface area contributed by atoms with Gasteiger partial charge in [0, 0.05) is 0 Å². The van der Waals surface area contributed by atoms with E-state index in [0.29, 0.717) is 16.9 Å². The second kappa shape index (κ2) is 11.2. The number of hydrogen-bond acceptors (Lipinski definition) is 3. The van der Waals surface area contributed by atoms with E-state index < -0.39 is 54.8 Å². The topological polar surface area (TPSA) is 35.5 Å². The molecule has 0 heterocycles. The summed E-state index contributed by atoms with van der Waals surface area (Å²) in [6, 6.07) is 11.4. The van der Waals surface area contributed by atoms with Crippen molar-refractivity contribution in [3.63, 3.8) is 0 Å². The summed E-state index contributed by atoms with van der Waals surface area (Å²) in [5.74, 6) is -38.4. The summed E-state index contributed by atoms with van der Waals surface area (Å²) in [7, 11) is 0. The van der Waals surface area contributed by atoms with Crippen molar-refractivity contribution in [2.24, 2.45) is 0 Å². The van der Waals surface area contributed by atoms with Crippen LogP contribution >= 0.6 is 0 Å². The van der Waals surface area contributed by atoms with Crippen molar-refractivity contribution in [1.82, 2.24) is 0 Å². The maximum absolute atomic E-state index is 13.8. The fourth-order valence-corrected chi connectivity index (χ4v) is 3.01. The van der Waals surface area contributed by atoms with Crippen molar-refractivity contribution in [3.8, 4) is 16.9 Å². The number of hydrogen-bond donors (Lipinski definition) is 0. The summed E-state index contributed by atoms with van der Waals surface area (Å²) in [6.45, 7) is 1.91. The molecule has 0 radical (unpaired) electrons. The molecule has 0 amide bonds. The Kier molecular flexibility index (Phi) is 9.17. The number of rotatable bonds is 12. The summed E-state index contributed by atoms with van der Waals surface area (Å²) < 4.78 is 180. The molecule has 0 unspecified atom stereocenters. The quantitative estimate of drug-likeness (QED) is 0.140. The monoisotopic (exact) mass is 600 g/mol. The first-order valence-corrected chi connectivity index (χ1v) is 10.7. The van der Waals surface area contributed by atoms with Gasteiger partial charge in [0.25, 0.3) is 0 Å². The van der Waals surface area contributed by atoms with Crippen LogP contribution in [0.1, 0.15) is 16.8 Å². The molecule has 2 aromatic carbocycles. The molecule has 0 aliphatic heterocycles. The summed E-state index contributed by atoms with van der Waals surface area (Å²) in [5, 5.41) is 0. The Morgan fingerprint density at radius 1 is 0.675 bits per heavy atom. The van der Waals surface area contributed by atoms with Gasteiger partial charge in [0.2, 0.25) is 0 Å². The summed E-state index contributed by atoms with van der Waals surface area (Å²) in [6.07, 6.45) is -8.60. The van der Waals surface area contributed by atoms with Crippen LogP contribution in [0, 0.1) is 0 Å². The normalized spacial score (nSPS) is 13.6. The maximum atomic E-state index is 13.8. The van der Waals surface area contributed by atoms with Gasteiger partial charge in [-0.2, -0.15) is 57.1 Å². The largest absolute Gasteiger partial charge is 0.490 e. The van der Waals surface area contributed by atoms with E-state index in [1.807, 2.05) is 0 Å². The van der Waals surface area contributed by atoms with E-state index in [1.165, 1.54) is 18.2 Å². The number of carbonyl (C=O) groups excluding carboxylic acids is 1. The zero-order valence-corrected chi connectivity index (χ0v) is 19.7. The van der Waals surface area contributed by atoms with Gasteiger partial charge >= 0.3 is 41.8 Å². The Balaban J connectivity index is 2.09. The van der Waals surface area contributed by atoms with Crippen molar-refractivity contribution in [3.05, 3.63) is 66.7 Å². The van der Waals surface area contributed by atoms with Crippen LogP contribution in [-0.4, -0.2) is 55.0 Å². The highest BCUT2D eigenvalue weighted by Gasteiger charge is 2.90. The van der Waals surface area contributed by atoms with Crippen LogP contribution in [0.15, 0.2) is 61.2 Å². The number of alkyl halides is 13. The lowest BCUT2D eigenvalue weighted by Crippen LogP contribution is -2.70. The first kappa shape index (κ1) is 32.8. The molecule has 222 valence electrons. The molecule has 0 bridgehead atoms. The summed E-state index contributed by atoms with van der Waals surface area (Å²) in [5.41, 5.74) is 0.796. The van der Waals surface area contributed by atoms with Crippen LogP contribution in [0.2, 0.25) is 0 Å². The third-order valence-corrected chi connectivity index (χ3v) is 5.32. The standard InChI is InChI=1S/C24H17F13O3/c1-2-12-39-17-9-7-15(8-10-17)14-3-5-16(6-4-14)18(38)40-13-11-19(25,26)20(27,28)21(29,30)22(31,32)23(33,34)24(35,36)37/h2-10H,1,11-13H2. The van der Waals surface area contributed by atoms with Crippen molar-refractivity contribution >= 4 is 5.97 Å². The molecule has 40 heavy (non-hydrogen) atoms. The van der Waals surface area contributed by atoms with Crippen molar-refractivity contribution in [1.29, 1.82) is 0 Å². The second-order valence-corrected chi connectivity index (χ2v) is 8.09. The molecule has 0 aliphatic carbocycles. The zero-order chi connectivity index (χ0) is 30.8. The molecule has 0 aliphatic rings. The first-order valence-electron chi connectivity index (χ1n) is 10.7. The lowest BCUT2D eigenvalue weighted by molar-refractivity contribution is -0.440. The first-order chi connectivity index (χ1) is 18.1. The molecular weight excluding hydrogens is 583 g/mol. The molecule has 3 nitrogen and oxygen atoms in total. The Labute approximate surface area is 217 Å². The minimum atomic E-state index is -7.98. The number of carbonyl (C=O) groups is 1. The molecule has 0 aromatic heterocycles. The highest BCUT2D eigenvalue weighted by atomic mass is 19.4. The van der Waals surface area contributed by atoms with Crippen LogP contribution in [0.3, 0.4) is 0 Å². The Morgan fingerprint density at radius 3 is 1.57 bits per heavy atom. The average molecular weight is 600 g/mol. The smallest absolute Gasteiger partial charge is 0.460 e. The van der Waals surface area contributed by atoms with Crippen molar-refractivity contribution in [2.45, 2.75) is 42.2 Å². The Morgan fingerprint density at radius 2 is 1.12 bits per heavy atom. The van der Waals surface area contributed by atoms with Crippen LogP contribution in [0.4, 0.5) is 57.1 Å². The minimum Gasteiger partial charge on any atom is -0.490 e. The van der Waals surface area contributed by atoms with Gasteiger partial charge in [-0.25, -0.2) is 4.79 Å². The molecule has 0 saturated heterocycles. The van der Waals surface area contributed by atoms with Crippen LogP contribution in [0.25, 0.3) is 11.1 Å². The molecule has 0 fully saturated rings. The predicted molar refractivity (Wildman–Crippen MR) is 113 cm³/mol. The molecule has 0 atom stereocenters. The highest BCUT2D eigenvalue weighted by Crippen LogP contribution is 2.60. The van der Waals surface area contributed by atoms with Gasteiger partial charge in [-0.1, -0.05) is 36.9 Å². The minimum absolute atomic E-state index is 0.253. The molecule has 2 rings (SSSR count). The molecule has 0 N–H and O–H groups in total. The molecule has 2 aromatic rings. The van der Waals surface area contributed by atoms with E-state index >= 15 is 0 Å². The van der Waals surface area contributed by atoms with Gasteiger partial charge in [-0.05, 0) is 35.4 Å². The molecule has 0 saturated carbocycles. The Hall–Kier alpha value is -3.46. The van der Waals surface area contributed by atoms with E-state index in [-0.39, 0.29) is 12.2 Å². The van der Waals surface area contributed by atoms with E-state index in [0.717, 1.165) is 12.1 Å². The number of esters is 1. The van der Waals surface area contributed by atoms with Crippen molar-refractivity contribution in [2.75, 3.05) is 13.2 Å². The third-order valence-electron chi connectivity index (χ3n) is 5.32. The van der Waals surface area contributed by atoms with E-state index in [2.05, 4.69) is 11.3 Å². The van der Waals surface area contributed by atoms with E-state index in [9.17, 15) is 61.9 Å². The molecular formula is C24H17F13O3. The number of benzene rings is 2. The fourth-order valence-electron chi connectivity index (χ4n) is 3.01. The van der Waals surface area contributed by atoms with Gasteiger partial charge < -0.3 is 9.47 Å². The highest BCUT2D eigenvalue weighted by molar-refractivity contribution is 5.90. The molecule has 16 heteroatoms. The fraction of sp³-hybridized carbons (Fsp3) is 0.375. The Bertz CT molecular complexity index is 1170. The van der Waals surface area contributed by atoms with Gasteiger partial charge in [0.1, 0.15) is 12.4 Å². The number of ether oxygens (including phenoxy) is 2. The third kappa shape index (κ3) is 5.99. The average Bonchev–Trinajstić information content (AvgIpc) is 2.86. The van der Waals surface area contributed by atoms with Crippen LogP contribution < -0.4 is 4.74 Å². The van der Waals surface area contributed by atoms with Crippen molar-refractivity contribution < 1.29 is 71.3 Å². The van der Waals surface area contributed by atoms with E-state index in [1.54, 1.807) is 24.3 Å². The lowest BCUT2D eigenvalue weighted by Gasteiger charge is -2.39. The van der Waals surface area contributed by atoms with Gasteiger partial charge in [-0.15, -0.1) is 0 Å². The number of halogens is 13. The SMILES string of the molecule is C=CCOc1ccc(-c2ccc(C(=O)OCCC(F)(F)C(F)(F)C(F)(F)C(F)(F)C(F)(F)C(F)(F)F)cc2)cc1. The van der Waals surface area contributed by atoms with Gasteiger partial charge in [0.15, 0.2) is 0 Å². The zero-order valence-electron chi connectivity index (χ0n) is 19.7. The van der Waals surface area contributed by atoms with E-state index in [4.69, 9.17) is 4.74 Å². The van der Waals surface area contributed by atoms with Crippen LogP contribution in [0.5, 0.6) is 5.75 Å². The lowest BCUT2D eigenvalue weighted by atomic mass is 9.93. The predicted octanol–water partition coefficient (Wildman–Crippen LogP) is 8.20. The summed E-state index contributed by atoms with van der Waals surface area (Å²) in [4.78, 5) is 12.0. The van der Waals surface area contributed by atoms with Gasteiger partial charge in [-0.3, -0.25) is 0 Å². The maximum Gasteiger partial charge on any atom is 0.460 e. The van der Waals surface area contributed by atoms with Crippen LogP contribution in [-0.2, 0) is 4.74 Å². The summed E-state index contributed by atoms with van der Waals surface area (Å²) >= 11 is 0. The molecule has 0 spiro atoms. The second-order valence-electron chi connectivity index (χ2n) is 8.09.